The fourth-order valence-electron chi connectivity index (χ4n) is 1.63. The molecule has 1 aromatic heterocycles. The highest BCUT2D eigenvalue weighted by molar-refractivity contribution is 9.10. The van der Waals surface area contributed by atoms with Crippen molar-refractivity contribution in [2.24, 2.45) is 0 Å². The van der Waals surface area contributed by atoms with Gasteiger partial charge in [-0.05, 0) is 39.4 Å². The maximum absolute atomic E-state index is 12.0. The van der Waals surface area contributed by atoms with Gasteiger partial charge in [-0.2, -0.15) is 0 Å². The summed E-state index contributed by atoms with van der Waals surface area (Å²) < 4.78 is 1.03. The minimum Gasteiger partial charge on any atom is -0.294 e. The minimum absolute atomic E-state index is 0.177. The molecule has 2 rings (SSSR count). The third-order valence-corrected chi connectivity index (χ3v) is 4.62. The normalized spacial score (nSPS) is 10.5. The SMILES string of the molecule is CCc1ccc(C(=O)Cc2sccc2Br)cc1. The van der Waals surface area contributed by atoms with E-state index in [9.17, 15) is 4.79 Å². The Kier molecular flexibility index (Phi) is 4.13. The van der Waals surface area contributed by atoms with Crippen LogP contribution in [0.25, 0.3) is 0 Å². The number of carbonyl (C=O) groups excluding carboxylic acids is 1. The van der Waals surface area contributed by atoms with Gasteiger partial charge in [-0.25, -0.2) is 0 Å². The van der Waals surface area contributed by atoms with Crippen molar-refractivity contribution in [2.75, 3.05) is 0 Å². The second-order valence-corrected chi connectivity index (χ2v) is 5.70. The number of carbonyl (C=O) groups is 1. The molecule has 0 bridgehead atoms. The molecule has 1 nitrogen and oxygen atoms in total. The fraction of sp³-hybridized carbons (Fsp3) is 0.214. The molecule has 0 N–H and O–H groups in total. The number of hydrogen-bond acceptors (Lipinski definition) is 2. The highest BCUT2D eigenvalue weighted by atomic mass is 79.9. The quantitative estimate of drug-likeness (QED) is 0.760. The summed E-state index contributed by atoms with van der Waals surface area (Å²) in [6, 6.07) is 9.87. The highest BCUT2D eigenvalue weighted by Gasteiger charge is 2.10. The van der Waals surface area contributed by atoms with Crippen LogP contribution in [0.1, 0.15) is 27.7 Å². The van der Waals surface area contributed by atoms with E-state index in [-0.39, 0.29) is 5.78 Å². The van der Waals surface area contributed by atoms with Crippen LogP contribution in [0.2, 0.25) is 0 Å². The van der Waals surface area contributed by atoms with Crippen LogP contribution >= 0.6 is 27.3 Å². The van der Waals surface area contributed by atoms with E-state index in [1.807, 2.05) is 35.7 Å². The third-order valence-electron chi connectivity index (χ3n) is 2.70. The molecule has 0 aliphatic heterocycles. The van der Waals surface area contributed by atoms with E-state index < -0.39 is 0 Å². The van der Waals surface area contributed by atoms with E-state index >= 15 is 0 Å². The van der Waals surface area contributed by atoms with Crippen molar-refractivity contribution in [3.8, 4) is 0 Å². The zero-order chi connectivity index (χ0) is 12.3. The van der Waals surface area contributed by atoms with Crippen molar-refractivity contribution in [1.29, 1.82) is 0 Å². The summed E-state index contributed by atoms with van der Waals surface area (Å²) in [6.45, 7) is 2.11. The van der Waals surface area contributed by atoms with E-state index in [2.05, 4.69) is 22.9 Å². The Labute approximate surface area is 114 Å². The van der Waals surface area contributed by atoms with Crippen LogP contribution < -0.4 is 0 Å². The predicted molar refractivity (Wildman–Crippen MR) is 75.9 cm³/mol. The van der Waals surface area contributed by atoms with Crippen LogP contribution in [-0.2, 0) is 12.8 Å². The molecule has 2 aromatic rings. The summed E-state index contributed by atoms with van der Waals surface area (Å²) >= 11 is 5.06. The van der Waals surface area contributed by atoms with Crippen molar-refractivity contribution in [1.82, 2.24) is 0 Å². The van der Waals surface area contributed by atoms with Crippen LogP contribution in [-0.4, -0.2) is 5.78 Å². The Hall–Kier alpha value is -0.930. The zero-order valence-electron chi connectivity index (χ0n) is 9.57. The smallest absolute Gasteiger partial charge is 0.168 e. The van der Waals surface area contributed by atoms with Crippen molar-refractivity contribution in [3.63, 3.8) is 0 Å². The Balaban J connectivity index is 2.12. The number of aryl methyl sites for hydroxylation is 1. The molecule has 0 radical (unpaired) electrons. The molecule has 0 spiro atoms. The number of Topliss-reactive ketones (excluding diaryl/α,β-unsaturated/α-hetero) is 1. The first kappa shape index (κ1) is 12.5. The second kappa shape index (κ2) is 5.61. The van der Waals surface area contributed by atoms with Gasteiger partial charge in [0.1, 0.15) is 0 Å². The lowest BCUT2D eigenvalue weighted by Gasteiger charge is -2.02. The summed E-state index contributed by atoms with van der Waals surface area (Å²) in [4.78, 5) is 13.1. The van der Waals surface area contributed by atoms with Gasteiger partial charge in [0.05, 0.1) is 0 Å². The van der Waals surface area contributed by atoms with Gasteiger partial charge in [-0.3, -0.25) is 4.79 Å². The van der Waals surface area contributed by atoms with Gasteiger partial charge in [0.25, 0.3) is 0 Å². The number of rotatable bonds is 4. The Bertz CT molecular complexity index is 513. The van der Waals surface area contributed by atoms with Crippen molar-refractivity contribution in [2.45, 2.75) is 19.8 Å². The lowest BCUT2D eigenvalue weighted by molar-refractivity contribution is 0.0993. The fourth-order valence-corrected chi connectivity index (χ4v) is 3.12. The van der Waals surface area contributed by atoms with E-state index in [0.29, 0.717) is 6.42 Å². The van der Waals surface area contributed by atoms with Crippen molar-refractivity contribution < 1.29 is 4.79 Å². The maximum atomic E-state index is 12.0. The topological polar surface area (TPSA) is 17.1 Å². The van der Waals surface area contributed by atoms with Gasteiger partial charge in [0.15, 0.2) is 5.78 Å². The molecular weight excluding hydrogens is 296 g/mol. The highest BCUT2D eigenvalue weighted by Crippen LogP contribution is 2.24. The van der Waals surface area contributed by atoms with Crippen molar-refractivity contribution in [3.05, 3.63) is 56.2 Å². The predicted octanol–water partition coefficient (Wildman–Crippen LogP) is 4.50. The van der Waals surface area contributed by atoms with Gasteiger partial charge >= 0.3 is 0 Å². The molecule has 88 valence electrons. The summed E-state index contributed by atoms with van der Waals surface area (Å²) in [5.41, 5.74) is 2.06. The third kappa shape index (κ3) is 3.05. The van der Waals surface area contributed by atoms with E-state index in [1.165, 1.54) is 5.56 Å². The van der Waals surface area contributed by atoms with Crippen LogP contribution in [0.4, 0.5) is 0 Å². The second-order valence-electron chi connectivity index (χ2n) is 3.84. The van der Waals surface area contributed by atoms with Gasteiger partial charge in [0, 0.05) is 21.3 Å². The first-order valence-electron chi connectivity index (χ1n) is 5.54. The Morgan fingerprint density at radius 3 is 2.47 bits per heavy atom. The first-order chi connectivity index (χ1) is 8.20. The summed E-state index contributed by atoms with van der Waals surface area (Å²) in [7, 11) is 0. The lowest BCUT2D eigenvalue weighted by atomic mass is 10.0. The van der Waals surface area contributed by atoms with Gasteiger partial charge in [-0.1, -0.05) is 31.2 Å². The molecule has 0 amide bonds. The number of thiophene rings is 1. The molecule has 1 aromatic carbocycles. The first-order valence-corrected chi connectivity index (χ1v) is 7.22. The number of hydrogen-bond donors (Lipinski definition) is 0. The Morgan fingerprint density at radius 1 is 1.24 bits per heavy atom. The largest absolute Gasteiger partial charge is 0.294 e. The summed E-state index contributed by atoms with van der Waals surface area (Å²) in [5.74, 6) is 0.177. The average Bonchev–Trinajstić information content (AvgIpc) is 2.75. The summed E-state index contributed by atoms with van der Waals surface area (Å²) in [6.07, 6.45) is 1.48. The zero-order valence-corrected chi connectivity index (χ0v) is 12.0. The van der Waals surface area contributed by atoms with Crippen LogP contribution in [0, 0.1) is 0 Å². The van der Waals surface area contributed by atoms with Gasteiger partial charge in [0.2, 0.25) is 0 Å². The Morgan fingerprint density at radius 2 is 1.94 bits per heavy atom. The molecule has 0 saturated heterocycles. The van der Waals surface area contributed by atoms with Crippen LogP contribution in [0.3, 0.4) is 0 Å². The standard InChI is InChI=1S/C14H13BrOS/c1-2-10-3-5-11(6-4-10)13(16)9-14-12(15)7-8-17-14/h3-8H,2,9H2,1H3. The molecule has 17 heavy (non-hydrogen) atoms. The molecular formula is C14H13BrOS. The molecule has 0 fully saturated rings. The molecule has 0 aliphatic carbocycles. The molecule has 1 heterocycles. The van der Waals surface area contributed by atoms with Crippen LogP contribution in [0.15, 0.2) is 40.2 Å². The van der Waals surface area contributed by atoms with Crippen LogP contribution in [0.5, 0.6) is 0 Å². The van der Waals surface area contributed by atoms with Gasteiger partial charge in [-0.15, -0.1) is 11.3 Å². The summed E-state index contributed by atoms with van der Waals surface area (Å²) in [5, 5.41) is 1.99. The minimum atomic E-state index is 0.177. The average molecular weight is 309 g/mol. The molecule has 0 aliphatic rings. The monoisotopic (exact) mass is 308 g/mol. The molecule has 3 heteroatoms. The van der Waals surface area contributed by atoms with E-state index in [4.69, 9.17) is 0 Å². The van der Waals surface area contributed by atoms with Crippen molar-refractivity contribution >= 4 is 33.0 Å². The maximum Gasteiger partial charge on any atom is 0.168 e. The lowest BCUT2D eigenvalue weighted by Crippen LogP contribution is -2.02. The van der Waals surface area contributed by atoms with Gasteiger partial charge < -0.3 is 0 Å². The van der Waals surface area contributed by atoms with E-state index in [0.717, 1.165) is 21.3 Å². The van der Waals surface area contributed by atoms with E-state index in [1.54, 1.807) is 11.3 Å². The molecule has 0 saturated carbocycles. The number of halogens is 1. The number of benzene rings is 1. The molecule has 0 unspecified atom stereocenters. The number of ketones is 1. The molecule has 0 atom stereocenters.